The molecule has 1 aromatic carbocycles. The molecule has 0 spiro atoms. The highest BCUT2D eigenvalue weighted by Crippen LogP contribution is 2.25. The predicted molar refractivity (Wildman–Crippen MR) is 61.0 cm³/mol. The van der Waals surface area contributed by atoms with Crippen LogP contribution in [0.5, 0.6) is 0 Å². The minimum atomic E-state index is -3.54. The first-order chi connectivity index (χ1) is 7.47. The van der Waals surface area contributed by atoms with Crippen LogP contribution in [0.4, 0.5) is 0 Å². The third-order valence-electron chi connectivity index (χ3n) is 1.76. The maximum atomic E-state index is 11.6. The second kappa shape index (κ2) is 5.33. The molecule has 0 aliphatic heterocycles. The lowest BCUT2D eigenvalue weighted by Gasteiger charge is -2.07. The molecule has 0 aliphatic rings. The van der Waals surface area contributed by atoms with E-state index in [2.05, 4.69) is 4.72 Å². The van der Waals surface area contributed by atoms with E-state index < -0.39 is 16.0 Å². The average Bonchev–Trinajstić information content (AvgIpc) is 2.26. The Balaban J connectivity index is 3.06. The van der Waals surface area contributed by atoms with Crippen LogP contribution in [0.1, 0.15) is 0 Å². The summed E-state index contributed by atoms with van der Waals surface area (Å²) in [6.45, 7) is 0. The molecule has 1 rings (SSSR count). The van der Waals surface area contributed by atoms with E-state index in [0.717, 1.165) is 11.8 Å². The molecule has 1 aromatic rings. The third kappa shape index (κ3) is 3.22. The first-order valence-corrected chi connectivity index (χ1v) is 6.81. The van der Waals surface area contributed by atoms with E-state index in [1.165, 1.54) is 13.1 Å². The van der Waals surface area contributed by atoms with Gasteiger partial charge in [0, 0.05) is 4.90 Å². The number of carbonyl (C=O) groups is 1. The van der Waals surface area contributed by atoms with Gasteiger partial charge in [-0.25, -0.2) is 13.1 Å². The van der Waals surface area contributed by atoms with Crippen molar-refractivity contribution in [1.82, 2.24) is 4.72 Å². The number of aliphatic carboxylic acids is 1. The Labute approximate surface area is 97.9 Å². The van der Waals surface area contributed by atoms with Crippen LogP contribution in [0.15, 0.2) is 34.1 Å². The van der Waals surface area contributed by atoms with Gasteiger partial charge in [0.25, 0.3) is 0 Å². The lowest BCUT2D eigenvalue weighted by molar-refractivity contribution is -0.133. The molecular weight excluding hydrogens is 250 g/mol. The van der Waals surface area contributed by atoms with E-state index in [4.69, 9.17) is 5.11 Å². The molecule has 2 N–H and O–H groups in total. The summed E-state index contributed by atoms with van der Waals surface area (Å²) in [6, 6.07) is 6.28. The summed E-state index contributed by atoms with van der Waals surface area (Å²) in [5.41, 5.74) is 0. The summed E-state index contributed by atoms with van der Waals surface area (Å²) in [5, 5.41) is 8.54. The Hall–Kier alpha value is -1.05. The Kier molecular flexibility index (Phi) is 4.34. The van der Waals surface area contributed by atoms with Gasteiger partial charge in [-0.1, -0.05) is 12.1 Å². The van der Waals surface area contributed by atoms with Crippen molar-refractivity contribution in [2.75, 3.05) is 12.8 Å². The van der Waals surface area contributed by atoms with Crippen molar-refractivity contribution in [2.24, 2.45) is 0 Å². The number of benzene rings is 1. The summed E-state index contributed by atoms with van der Waals surface area (Å²) in [7, 11) is -2.23. The van der Waals surface area contributed by atoms with Crippen LogP contribution in [0.2, 0.25) is 0 Å². The largest absolute Gasteiger partial charge is 0.481 e. The zero-order valence-corrected chi connectivity index (χ0v) is 10.1. The molecule has 0 unspecified atom stereocenters. The summed E-state index contributed by atoms with van der Waals surface area (Å²) in [5.74, 6) is -1.15. The zero-order valence-electron chi connectivity index (χ0n) is 8.50. The normalized spacial score (nSPS) is 11.3. The fourth-order valence-corrected chi connectivity index (χ4v) is 3.02. The fraction of sp³-hybridized carbons (Fsp3) is 0.222. The van der Waals surface area contributed by atoms with Gasteiger partial charge in [-0.3, -0.25) is 4.79 Å². The highest BCUT2D eigenvalue weighted by molar-refractivity contribution is 8.00. The molecule has 0 fully saturated rings. The average molecular weight is 261 g/mol. The fourth-order valence-electron chi connectivity index (χ4n) is 1.04. The molecule has 0 atom stereocenters. The number of rotatable bonds is 5. The Morgan fingerprint density at radius 3 is 2.62 bits per heavy atom. The Bertz CT molecular complexity index is 484. The van der Waals surface area contributed by atoms with Crippen molar-refractivity contribution in [3.05, 3.63) is 24.3 Å². The molecular formula is C9H11NO4S2. The SMILES string of the molecule is CNS(=O)(=O)c1ccccc1SCC(=O)O. The zero-order chi connectivity index (χ0) is 12.2. The Morgan fingerprint density at radius 2 is 2.06 bits per heavy atom. The molecule has 88 valence electrons. The molecule has 0 aromatic heterocycles. The van der Waals surface area contributed by atoms with E-state index in [9.17, 15) is 13.2 Å². The van der Waals surface area contributed by atoms with Crippen LogP contribution in [-0.4, -0.2) is 32.3 Å². The summed E-state index contributed by atoms with van der Waals surface area (Å²) < 4.78 is 25.4. The molecule has 5 nitrogen and oxygen atoms in total. The van der Waals surface area contributed by atoms with Crippen molar-refractivity contribution in [3.8, 4) is 0 Å². The van der Waals surface area contributed by atoms with Gasteiger partial charge in [-0.15, -0.1) is 11.8 Å². The smallest absolute Gasteiger partial charge is 0.313 e. The van der Waals surface area contributed by atoms with E-state index in [0.29, 0.717) is 4.90 Å². The standard InChI is InChI=1S/C9H11NO4S2/c1-10-16(13,14)8-5-3-2-4-7(8)15-6-9(11)12/h2-5,10H,6H2,1H3,(H,11,12). The summed E-state index contributed by atoms with van der Waals surface area (Å²) >= 11 is 0.979. The van der Waals surface area contributed by atoms with Crippen LogP contribution in [0, 0.1) is 0 Å². The van der Waals surface area contributed by atoms with Crippen LogP contribution in [-0.2, 0) is 14.8 Å². The highest BCUT2D eigenvalue weighted by Gasteiger charge is 2.16. The second-order valence-corrected chi connectivity index (χ2v) is 5.71. The number of sulfonamides is 1. The van der Waals surface area contributed by atoms with Crippen LogP contribution < -0.4 is 4.72 Å². The first-order valence-electron chi connectivity index (χ1n) is 4.34. The van der Waals surface area contributed by atoms with Gasteiger partial charge < -0.3 is 5.11 Å². The number of hydrogen-bond acceptors (Lipinski definition) is 4. The molecule has 7 heteroatoms. The van der Waals surface area contributed by atoms with Gasteiger partial charge in [0.2, 0.25) is 10.0 Å². The molecule has 0 saturated carbocycles. The minimum Gasteiger partial charge on any atom is -0.481 e. The number of thioether (sulfide) groups is 1. The van der Waals surface area contributed by atoms with Crippen molar-refractivity contribution in [1.29, 1.82) is 0 Å². The summed E-state index contributed by atoms with van der Waals surface area (Å²) in [4.78, 5) is 10.9. The van der Waals surface area contributed by atoms with Gasteiger partial charge >= 0.3 is 5.97 Å². The topological polar surface area (TPSA) is 83.5 Å². The lowest BCUT2D eigenvalue weighted by atomic mass is 10.4. The van der Waals surface area contributed by atoms with Crippen molar-refractivity contribution in [2.45, 2.75) is 9.79 Å². The molecule has 0 bridgehead atoms. The molecule has 16 heavy (non-hydrogen) atoms. The summed E-state index contributed by atoms with van der Waals surface area (Å²) in [6.07, 6.45) is 0. The second-order valence-electron chi connectivity index (χ2n) is 2.84. The van der Waals surface area contributed by atoms with Gasteiger partial charge in [0.05, 0.1) is 10.6 Å². The maximum Gasteiger partial charge on any atom is 0.313 e. The van der Waals surface area contributed by atoms with Crippen molar-refractivity contribution in [3.63, 3.8) is 0 Å². The van der Waals surface area contributed by atoms with Crippen LogP contribution in [0.3, 0.4) is 0 Å². The van der Waals surface area contributed by atoms with Gasteiger partial charge in [-0.2, -0.15) is 0 Å². The number of carboxylic acid groups (broad SMARTS) is 1. The van der Waals surface area contributed by atoms with E-state index >= 15 is 0 Å². The van der Waals surface area contributed by atoms with Crippen LogP contribution >= 0.6 is 11.8 Å². The van der Waals surface area contributed by atoms with Crippen molar-refractivity contribution >= 4 is 27.8 Å². The minimum absolute atomic E-state index is 0.101. The highest BCUT2D eigenvalue weighted by atomic mass is 32.2. The van der Waals surface area contributed by atoms with Crippen LogP contribution in [0.25, 0.3) is 0 Å². The number of hydrogen-bond donors (Lipinski definition) is 2. The molecule has 0 aliphatic carbocycles. The number of carboxylic acids is 1. The quantitative estimate of drug-likeness (QED) is 0.765. The van der Waals surface area contributed by atoms with E-state index in [1.54, 1.807) is 18.2 Å². The molecule has 0 heterocycles. The predicted octanol–water partition coefficient (Wildman–Crippen LogP) is 0.771. The monoisotopic (exact) mass is 261 g/mol. The molecule has 0 amide bonds. The molecule has 0 saturated heterocycles. The maximum absolute atomic E-state index is 11.6. The van der Waals surface area contributed by atoms with E-state index in [1.807, 2.05) is 0 Å². The Morgan fingerprint density at radius 1 is 1.44 bits per heavy atom. The van der Waals surface area contributed by atoms with Gasteiger partial charge in [0.1, 0.15) is 0 Å². The lowest BCUT2D eigenvalue weighted by Crippen LogP contribution is -2.19. The van der Waals surface area contributed by atoms with Gasteiger partial charge in [0.15, 0.2) is 0 Å². The first kappa shape index (κ1) is 13.0. The number of nitrogens with one attached hydrogen (secondary N) is 1. The third-order valence-corrected chi connectivity index (χ3v) is 4.42. The molecule has 0 radical (unpaired) electrons. The van der Waals surface area contributed by atoms with Crippen molar-refractivity contribution < 1.29 is 18.3 Å². The van der Waals surface area contributed by atoms with Gasteiger partial charge in [-0.05, 0) is 19.2 Å². The van der Waals surface area contributed by atoms with E-state index in [-0.39, 0.29) is 10.6 Å².